The van der Waals surface area contributed by atoms with E-state index in [1.165, 1.54) is 53.2 Å². The van der Waals surface area contributed by atoms with Crippen LogP contribution in [0.15, 0.2) is 111 Å². The second kappa shape index (κ2) is 23.1. The highest BCUT2D eigenvalue weighted by Gasteiger charge is 2.30. The Morgan fingerprint density at radius 2 is 1.60 bits per heavy atom. The van der Waals surface area contributed by atoms with Gasteiger partial charge in [0.1, 0.15) is 34.1 Å². The molecule has 3 amide bonds. The second-order valence-corrected chi connectivity index (χ2v) is 20.9. The van der Waals surface area contributed by atoms with E-state index in [4.69, 9.17) is 0 Å². The van der Waals surface area contributed by atoms with Gasteiger partial charge in [0.25, 0.3) is 32.1 Å². The van der Waals surface area contributed by atoms with Crippen LogP contribution < -0.4 is 36.8 Å². The highest BCUT2D eigenvalue weighted by molar-refractivity contribution is 7.89. The fraction of sp³-hybridized carbons (Fsp3) is 0.244. The van der Waals surface area contributed by atoms with Crippen molar-refractivity contribution in [3.8, 4) is 0 Å². The maximum absolute atomic E-state index is 13.9. The minimum atomic E-state index is -4.85. The number of amides is 3. The molecule has 6 aromatic rings. The van der Waals surface area contributed by atoms with Crippen LogP contribution >= 0.6 is 0 Å². The number of benzene rings is 3. The zero-order valence-electron chi connectivity index (χ0n) is 39.0. The Kier molecular flexibility index (Phi) is 17.2. The van der Waals surface area contributed by atoms with Crippen LogP contribution in [0.25, 0.3) is 10.9 Å². The highest BCUT2D eigenvalue weighted by Crippen LogP contribution is 2.22. The Bertz CT molecular complexity index is 3470. The molecule has 0 radical (unpaired) electrons. The lowest BCUT2D eigenvalue weighted by Crippen LogP contribution is -2.50. The van der Waals surface area contributed by atoms with Gasteiger partial charge in [-0.25, -0.2) is 18.4 Å². The first-order valence-electron chi connectivity index (χ1n) is 21.8. The maximum atomic E-state index is 13.9. The second-order valence-electron chi connectivity index (χ2n) is 16.4. The topological polar surface area (TPSA) is 379 Å². The van der Waals surface area contributed by atoms with E-state index in [0.717, 1.165) is 18.0 Å². The molecule has 25 nitrogen and oxygen atoms in total. The number of carbonyl (C=O) groups excluding carboxylic acids is 3. The molecular weight excluding hydrogens is 1010 g/mol. The predicted octanol–water partition coefficient (Wildman–Crippen LogP) is 1.70. The van der Waals surface area contributed by atoms with Gasteiger partial charge in [-0.2, -0.15) is 26.7 Å². The summed E-state index contributed by atoms with van der Waals surface area (Å²) in [6.45, 7) is 4.21. The molecule has 2 unspecified atom stereocenters. The van der Waals surface area contributed by atoms with Gasteiger partial charge in [-0.15, -0.1) is 0 Å². The van der Waals surface area contributed by atoms with E-state index < -0.39 is 94.2 Å². The molecule has 0 spiro atoms. The van der Waals surface area contributed by atoms with Crippen molar-refractivity contribution in [2.24, 2.45) is 5.10 Å². The van der Waals surface area contributed by atoms with Crippen LogP contribution in [0.4, 0.5) is 11.8 Å². The normalized spacial score (nSPS) is 12.8. The van der Waals surface area contributed by atoms with Crippen LogP contribution in [0, 0.1) is 20.8 Å². The van der Waals surface area contributed by atoms with Crippen molar-refractivity contribution in [3.05, 3.63) is 141 Å². The van der Waals surface area contributed by atoms with E-state index in [9.17, 15) is 63.4 Å². The van der Waals surface area contributed by atoms with E-state index in [1.807, 2.05) is 0 Å². The zero-order chi connectivity index (χ0) is 53.3. The lowest BCUT2D eigenvalue weighted by Gasteiger charge is -2.19. The molecule has 0 fully saturated rings. The molecule has 3 aromatic carbocycles. The van der Waals surface area contributed by atoms with Crippen molar-refractivity contribution in [2.75, 3.05) is 29.6 Å². The third-order valence-electron chi connectivity index (χ3n) is 10.8. The number of aromatic amines is 1. The van der Waals surface area contributed by atoms with Crippen molar-refractivity contribution >= 4 is 82.8 Å². The average Bonchev–Trinajstić information content (AvgIpc) is 3.84. The first-order valence-corrected chi connectivity index (χ1v) is 26.3. The molecule has 0 aliphatic rings. The molecule has 10 N–H and O–H groups in total. The van der Waals surface area contributed by atoms with Crippen molar-refractivity contribution in [1.29, 1.82) is 0 Å². The number of carboxylic acid groups (broad SMARTS) is 1. The summed E-state index contributed by atoms with van der Waals surface area (Å²) >= 11 is 0. The molecule has 28 heteroatoms. The monoisotopic (exact) mass is 1060 g/mol. The summed E-state index contributed by atoms with van der Waals surface area (Å²) in [6.07, 6.45) is 6.60. The molecule has 0 aliphatic carbocycles. The molecule has 3 heterocycles. The number of carboxylic acids is 1. The summed E-state index contributed by atoms with van der Waals surface area (Å²) in [4.78, 5) is 77.0. The summed E-state index contributed by atoms with van der Waals surface area (Å²) in [6, 6.07) is 12.4. The molecule has 0 saturated heterocycles. The number of hydrogen-bond donors (Lipinski definition) is 10. The highest BCUT2D eigenvalue weighted by atomic mass is 32.2. The standard InChI is InChI=1S/C45H49N11O14S3/c1-26-17-27(2)40(28(3)18-26)72(66,67)55-34(44(61)62)23-50-42(59)33-24-56(36-19-29(9-11-32(36)39(33)57)20-51-45-47-14-15-48-45)16-6-13-46-43(60)35(25-71(63,64)65)53-41(58)31-10-12-38(49-21-31)54-52-22-30-7-4-5-8-37(30)73(68,69)70/h4-5,7-12,14-15,17-19,21-22,24,34-35,55H,6,13,16,20,23,25H2,1-3H3,(H,46,60)(H,49,54)(H,50,59)(H,53,58)(H,61,62)(H2,47,48,51)(H,63,64,65)(H,68,69,70)/b52-22+. The van der Waals surface area contributed by atoms with Gasteiger partial charge in [0, 0.05) is 61.9 Å². The Morgan fingerprint density at radius 3 is 2.25 bits per heavy atom. The van der Waals surface area contributed by atoms with E-state index in [-0.39, 0.29) is 53.3 Å². The molecule has 6 rings (SSSR count). The first-order chi connectivity index (χ1) is 34.4. The third kappa shape index (κ3) is 14.6. The fourth-order valence-electron chi connectivity index (χ4n) is 7.55. The summed E-state index contributed by atoms with van der Waals surface area (Å²) in [5.74, 6) is -5.28. The van der Waals surface area contributed by atoms with Crippen molar-refractivity contribution in [1.82, 2.24) is 40.2 Å². The van der Waals surface area contributed by atoms with Gasteiger partial charge in [0.15, 0.2) is 5.95 Å². The largest absolute Gasteiger partial charge is 0.480 e. The molecular formula is C45H49N11O14S3. The summed E-state index contributed by atoms with van der Waals surface area (Å²) in [7, 11) is -13.8. The quantitative estimate of drug-likeness (QED) is 0.0189. The molecule has 0 saturated carbocycles. The number of hydrazone groups is 1. The smallest absolute Gasteiger partial charge is 0.323 e. The lowest BCUT2D eigenvalue weighted by atomic mass is 10.1. The summed E-state index contributed by atoms with van der Waals surface area (Å²) < 4.78 is 96.8. The molecule has 73 heavy (non-hydrogen) atoms. The lowest BCUT2D eigenvalue weighted by molar-refractivity contribution is -0.138. The Labute approximate surface area is 417 Å². The first kappa shape index (κ1) is 54.4. The zero-order valence-corrected chi connectivity index (χ0v) is 41.4. The van der Waals surface area contributed by atoms with Gasteiger partial charge >= 0.3 is 5.97 Å². The minimum absolute atomic E-state index is 0.00230. The van der Waals surface area contributed by atoms with E-state index in [2.05, 4.69) is 51.5 Å². The number of aromatic nitrogens is 4. The van der Waals surface area contributed by atoms with E-state index in [1.54, 1.807) is 57.4 Å². The number of carbonyl (C=O) groups is 4. The maximum Gasteiger partial charge on any atom is 0.323 e. The van der Waals surface area contributed by atoms with E-state index in [0.29, 0.717) is 28.2 Å². The SMILES string of the molecule is Cc1cc(C)c(S(=O)(=O)NC(CNC(=O)c2cn(CCCNC(=O)C(CS(=O)(=O)O)NC(=O)c3ccc(N/N=C/c4ccccc4S(=O)(=O)O)nc3)c3cc(CNc4ncc[nH]4)ccc3c2=O)C(=O)O)c(C)c1. The van der Waals surface area contributed by atoms with Gasteiger partial charge in [-0.05, 0) is 74.2 Å². The van der Waals surface area contributed by atoms with Crippen LogP contribution in [-0.2, 0) is 52.9 Å². The van der Waals surface area contributed by atoms with Crippen molar-refractivity contribution in [2.45, 2.75) is 62.2 Å². The number of rotatable bonds is 23. The molecule has 386 valence electrons. The van der Waals surface area contributed by atoms with Gasteiger partial charge in [-0.3, -0.25) is 38.5 Å². The third-order valence-corrected chi connectivity index (χ3v) is 14.2. The molecule has 2 atom stereocenters. The number of aliphatic carboxylic acids is 1. The summed E-state index contributed by atoms with van der Waals surface area (Å²) in [5, 5.41) is 24.1. The van der Waals surface area contributed by atoms with Gasteiger partial charge < -0.3 is 35.9 Å². The number of nitrogens with zero attached hydrogens (tertiary/aromatic N) is 4. The Morgan fingerprint density at radius 1 is 0.877 bits per heavy atom. The van der Waals surface area contributed by atoms with Crippen LogP contribution in [0.1, 0.15) is 55.0 Å². The van der Waals surface area contributed by atoms with E-state index >= 15 is 0 Å². The number of H-pyrrole nitrogens is 1. The Hall–Kier alpha value is -7.89. The number of fused-ring (bicyclic) bond motifs is 1. The number of aryl methyl sites for hydroxylation is 4. The van der Waals surface area contributed by atoms with Gasteiger partial charge in [0.2, 0.25) is 21.4 Å². The number of sulfonamides is 1. The predicted molar refractivity (Wildman–Crippen MR) is 266 cm³/mol. The van der Waals surface area contributed by atoms with Crippen LogP contribution in [0.2, 0.25) is 0 Å². The fourth-order valence-corrected chi connectivity index (χ4v) is 10.5. The average molecular weight is 1060 g/mol. The number of nitrogens with one attached hydrogen (secondary N) is 7. The van der Waals surface area contributed by atoms with Crippen LogP contribution in [0.3, 0.4) is 0 Å². The molecule has 3 aromatic heterocycles. The van der Waals surface area contributed by atoms with Crippen molar-refractivity contribution in [3.63, 3.8) is 0 Å². The Balaban J connectivity index is 1.15. The van der Waals surface area contributed by atoms with Crippen molar-refractivity contribution < 1.29 is 58.6 Å². The van der Waals surface area contributed by atoms with Crippen LogP contribution in [-0.4, -0.2) is 120 Å². The van der Waals surface area contributed by atoms with Gasteiger partial charge in [-0.1, -0.05) is 42.0 Å². The van der Waals surface area contributed by atoms with Crippen LogP contribution in [0.5, 0.6) is 0 Å². The number of pyridine rings is 2. The number of imidazole rings is 1. The molecule has 0 bridgehead atoms. The molecule has 0 aliphatic heterocycles. The van der Waals surface area contributed by atoms with Gasteiger partial charge in [0.05, 0.1) is 22.2 Å². The minimum Gasteiger partial charge on any atom is -0.480 e. The summed E-state index contributed by atoms with van der Waals surface area (Å²) in [5.41, 5.74) is 3.83. The number of hydrogen-bond acceptors (Lipinski definition) is 16. The number of anilines is 2.